The largest absolute Gasteiger partial charge is 0.383 e. The van der Waals surface area contributed by atoms with Crippen LogP contribution in [0.3, 0.4) is 0 Å². The van der Waals surface area contributed by atoms with Crippen molar-refractivity contribution in [2.24, 2.45) is 0 Å². The number of hydrogen-bond donors (Lipinski definition) is 1. The summed E-state index contributed by atoms with van der Waals surface area (Å²) in [6.07, 6.45) is 13.4. The highest BCUT2D eigenvalue weighted by atomic mass is 32.1. The number of rotatable bonds is 5. The van der Waals surface area contributed by atoms with E-state index in [0.717, 1.165) is 42.4 Å². The van der Waals surface area contributed by atoms with E-state index < -0.39 is 11.5 Å². The van der Waals surface area contributed by atoms with Gasteiger partial charge in [-0.2, -0.15) is 5.10 Å². The van der Waals surface area contributed by atoms with Gasteiger partial charge in [-0.3, -0.25) is 0 Å². The van der Waals surface area contributed by atoms with E-state index >= 15 is 0 Å². The summed E-state index contributed by atoms with van der Waals surface area (Å²) in [5.41, 5.74) is 6.93. The smallest absolute Gasteiger partial charge is 0.132 e. The van der Waals surface area contributed by atoms with Crippen molar-refractivity contribution in [1.82, 2.24) is 14.8 Å². The van der Waals surface area contributed by atoms with Crippen LogP contribution in [0.15, 0.2) is 24.7 Å². The molecule has 0 fully saturated rings. The van der Waals surface area contributed by atoms with E-state index in [0.29, 0.717) is 5.01 Å². The first-order valence-electron chi connectivity index (χ1n) is 10.3. The minimum Gasteiger partial charge on any atom is -0.383 e. The Morgan fingerprint density at radius 3 is 2.41 bits per heavy atom. The molecule has 1 N–H and O–H groups in total. The SMILES string of the molecule is CC(C)(O)c1ncc(C(C=O)c2cnn(-c3c4c(cc5c3CCC5)CCC4)c2)s1. The van der Waals surface area contributed by atoms with Crippen molar-refractivity contribution in [3.8, 4) is 5.69 Å². The average Bonchev–Trinajstić information content (AvgIpc) is 3.45. The maximum Gasteiger partial charge on any atom is 0.132 e. The third-order valence-corrected chi connectivity index (χ3v) is 7.51. The molecular weight excluding hydrogens is 382 g/mol. The Kier molecular flexibility index (Phi) is 4.44. The zero-order valence-electron chi connectivity index (χ0n) is 16.8. The molecule has 3 aromatic rings. The Hall–Kier alpha value is -2.31. The summed E-state index contributed by atoms with van der Waals surface area (Å²) in [4.78, 5) is 17.1. The van der Waals surface area contributed by atoms with Gasteiger partial charge in [0.15, 0.2) is 0 Å². The summed E-state index contributed by atoms with van der Waals surface area (Å²) >= 11 is 1.38. The van der Waals surface area contributed by atoms with Crippen LogP contribution >= 0.6 is 11.3 Å². The van der Waals surface area contributed by atoms with E-state index in [4.69, 9.17) is 0 Å². The number of nitrogens with zero attached hydrogens (tertiary/aromatic N) is 3. The minimum absolute atomic E-state index is 0.415. The van der Waals surface area contributed by atoms with Gasteiger partial charge in [-0.05, 0) is 74.6 Å². The van der Waals surface area contributed by atoms with E-state index in [1.165, 1.54) is 52.1 Å². The molecule has 1 aromatic carbocycles. The minimum atomic E-state index is -1.01. The number of aldehydes is 1. The lowest BCUT2D eigenvalue weighted by Gasteiger charge is -2.15. The quantitative estimate of drug-likeness (QED) is 0.652. The molecule has 29 heavy (non-hydrogen) atoms. The molecule has 2 aliphatic rings. The van der Waals surface area contributed by atoms with Crippen LogP contribution < -0.4 is 0 Å². The van der Waals surface area contributed by atoms with Crippen LogP contribution in [0.4, 0.5) is 0 Å². The Balaban J connectivity index is 1.55. The van der Waals surface area contributed by atoms with Gasteiger partial charge in [0.2, 0.25) is 0 Å². The molecule has 150 valence electrons. The maximum atomic E-state index is 12.0. The van der Waals surface area contributed by atoms with Crippen molar-refractivity contribution in [2.45, 2.75) is 63.9 Å². The molecule has 0 amide bonds. The first-order chi connectivity index (χ1) is 14.0. The third kappa shape index (κ3) is 3.15. The lowest BCUT2D eigenvalue weighted by molar-refractivity contribution is -0.108. The van der Waals surface area contributed by atoms with Gasteiger partial charge in [-0.25, -0.2) is 9.67 Å². The van der Waals surface area contributed by atoms with E-state index in [1.54, 1.807) is 26.2 Å². The van der Waals surface area contributed by atoms with E-state index in [9.17, 15) is 9.90 Å². The number of hydrogen-bond acceptors (Lipinski definition) is 5. The molecule has 0 bridgehead atoms. The highest BCUT2D eigenvalue weighted by Gasteiger charge is 2.27. The standard InChI is InChI=1S/C23H25N3O2S/c1-23(2,28)22-24-11-20(29-22)19(13-27)16-10-25-26(12-16)21-17-7-3-5-14(17)9-15-6-4-8-18(15)21/h9-13,19,28H,3-8H2,1-2H3. The van der Waals surface area contributed by atoms with Crippen molar-refractivity contribution < 1.29 is 9.90 Å². The Labute approximate surface area is 174 Å². The number of aryl methyl sites for hydroxylation is 2. The molecule has 2 heterocycles. The molecule has 0 saturated carbocycles. The molecular formula is C23H25N3O2S. The van der Waals surface area contributed by atoms with Gasteiger partial charge in [0.05, 0.1) is 17.8 Å². The van der Waals surface area contributed by atoms with Crippen molar-refractivity contribution in [3.05, 3.63) is 62.4 Å². The van der Waals surface area contributed by atoms with Gasteiger partial charge in [-0.1, -0.05) is 6.07 Å². The summed E-state index contributed by atoms with van der Waals surface area (Å²) < 4.78 is 2.00. The number of fused-ring (bicyclic) bond motifs is 2. The highest BCUT2D eigenvalue weighted by molar-refractivity contribution is 7.12. The molecule has 6 heteroatoms. The molecule has 0 spiro atoms. The summed E-state index contributed by atoms with van der Waals surface area (Å²) in [5, 5.41) is 15.5. The number of benzene rings is 1. The zero-order valence-corrected chi connectivity index (χ0v) is 17.6. The highest BCUT2D eigenvalue weighted by Crippen LogP contribution is 2.38. The lowest BCUT2D eigenvalue weighted by atomic mass is 9.98. The van der Waals surface area contributed by atoms with Crippen molar-refractivity contribution >= 4 is 17.6 Å². The summed E-state index contributed by atoms with van der Waals surface area (Å²) in [6.45, 7) is 3.42. The number of aliphatic hydroxyl groups is 1. The van der Waals surface area contributed by atoms with Gasteiger partial charge >= 0.3 is 0 Å². The molecule has 0 radical (unpaired) electrons. The second-order valence-electron chi connectivity index (χ2n) is 8.67. The average molecular weight is 408 g/mol. The normalized spacial score (nSPS) is 16.7. The Bertz CT molecular complexity index is 1060. The molecule has 1 atom stereocenters. The fourth-order valence-electron chi connectivity index (χ4n) is 4.71. The van der Waals surface area contributed by atoms with E-state index in [-0.39, 0.29) is 0 Å². The molecule has 1 unspecified atom stereocenters. The second-order valence-corrected chi connectivity index (χ2v) is 9.73. The van der Waals surface area contributed by atoms with Gasteiger partial charge in [0.25, 0.3) is 0 Å². The Morgan fingerprint density at radius 1 is 1.14 bits per heavy atom. The van der Waals surface area contributed by atoms with Crippen LogP contribution in [-0.2, 0) is 36.1 Å². The molecule has 0 aliphatic heterocycles. The number of aromatic nitrogens is 3. The van der Waals surface area contributed by atoms with Crippen molar-refractivity contribution in [1.29, 1.82) is 0 Å². The summed E-state index contributed by atoms with van der Waals surface area (Å²) in [6, 6.07) is 2.42. The first kappa shape index (κ1) is 18.7. The predicted molar refractivity (Wildman–Crippen MR) is 113 cm³/mol. The first-order valence-corrected chi connectivity index (χ1v) is 11.1. The molecule has 0 saturated heterocycles. The van der Waals surface area contributed by atoms with E-state index in [1.807, 2.05) is 10.9 Å². The van der Waals surface area contributed by atoms with Gasteiger partial charge in [0.1, 0.15) is 16.9 Å². The van der Waals surface area contributed by atoms with Gasteiger partial charge in [0, 0.05) is 22.8 Å². The van der Waals surface area contributed by atoms with Gasteiger partial charge < -0.3 is 9.90 Å². The van der Waals surface area contributed by atoms with E-state index in [2.05, 4.69) is 16.1 Å². The molecule has 5 nitrogen and oxygen atoms in total. The predicted octanol–water partition coefficient (Wildman–Crippen LogP) is 3.86. The fourth-order valence-corrected chi connectivity index (χ4v) is 5.71. The Morgan fingerprint density at radius 2 is 1.83 bits per heavy atom. The number of thiazole rings is 1. The van der Waals surface area contributed by atoms with Gasteiger partial charge in [-0.15, -0.1) is 11.3 Å². The molecule has 2 aromatic heterocycles. The van der Waals surface area contributed by atoms with Crippen LogP contribution in [-0.4, -0.2) is 26.2 Å². The van der Waals surface area contributed by atoms with Crippen LogP contribution in [0.25, 0.3) is 5.69 Å². The number of carbonyl (C=O) groups excluding carboxylic acids is 1. The topological polar surface area (TPSA) is 68.0 Å². The summed E-state index contributed by atoms with van der Waals surface area (Å²) in [7, 11) is 0. The summed E-state index contributed by atoms with van der Waals surface area (Å²) in [5.74, 6) is -0.415. The molecule has 2 aliphatic carbocycles. The third-order valence-electron chi connectivity index (χ3n) is 6.12. The maximum absolute atomic E-state index is 12.0. The van der Waals surface area contributed by atoms with Crippen LogP contribution in [0.2, 0.25) is 0 Å². The monoisotopic (exact) mass is 407 g/mol. The van der Waals surface area contributed by atoms with Crippen molar-refractivity contribution in [2.75, 3.05) is 0 Å². The van der Waals surface area contributed by atoms with Crippen LogP contribution in [0.1, 0.15) is 70.3 Å². The van der Waals surface area contributed by atoms with Crippen LogP contribution in [0, 0.1) is 0 Å². The molecule has 5 rings (SSSR count). The van der Waals surface area contributed by atoms with Crippen LogP contribution in [0.5, 0.6) is 0 Å². The number of carbonyl (C=O) groups is 1. The second kappa shape index (κ2) is 6.89. The fraction of sp³-hybridized carbons (Fsp3) is 0.435. The lowest BCUT2D eigenvalue weighted by Crippen LogP contribution is -2.14. The zero-order chi connectivity index (χ0) is 20.2. The van der Waals surface area contributed by atoms with Crippen molar-refractivity contribution in [3.63, 3.8) is 0 Å².